The van der Waals surface area contributed by atoms with Crippen LogP contribution in [0.1, 0.15) is 22.3 Å². The highest BCUT2D eigenvalue weighted by Gasteiger charge is 2.14. The Morgan fingerprint density at radius 2 is 1.79 bits per heavy atom. The number of hydrogen-bond acceptors (Lipinski definition) is 3. The minimum absolute atomic E-state index is 0.459. The number of allylic oxidation sites excluding steroid dienone is 1. The molecule has 0 atom stereocenters. The molecule has 0 aliphatic rings. The monoisotopic (exact) mass is 457 g/mol. The Hall–Kier alpha value is -3.43. The van der Waals surface area contributed by atoms with Crippen LogP contribution in [-0.4, -0.2) is 7.11 Å². The second kappa shape index (κ2) is 10.5. The van der Waals surface area contributed by atoms with Crippen molar-refractivity contribution in [3.63, 3.8) is 0 Å². The quantitative estimate of drug-likeness (QED) is 0.261. The van der Waals surface area contributed by atoms with E-state index in [-0.39, 0.29) is 0 Å². The number of hydrogen-bond donors (Lipinski definition) is 1. The van der Waals surface area contributed by atoms with Crippen LogP contribution in [-0.2, 0) is 19.6 Å². The molecule has 3 nitrogen and oxygen atoms in total. The first kappa shape index (κ1) is 22.8. The molecule has 0 heterocycles. The molecule has 0 radical (unpaired) electrons. The highest BCUT2D eigenvalue weighted by Crippen LogP contribution is 2.35. The zero-order valence-electron chi connectivity index (χ0n) is 19.0. The van der Waals surface area contributed by atoms with Crippen LogP contribution in [0.4, 0.5) is 5.69 Å². The summed E-state index contributed by atoms with van der Waals surface area (Å²) in [6.45, 7) is 7.10. The van der Waals surface area contributed by atoms with Gasteiger partial charge in [0, 0.05) is 22.8 Å². The molecule has 0 saturated heterocycles. The maximum Gasteiger partial charge on any atom is 0.165 e. The van der Waals surface area contributed by atoms with E-state index in [9.17, 15) is 0 Å². The van der Waals surface area contributed by atoms with Gasteiger partial charge in [-0.1, -0.05) is 66.2 Å². The molecule has 0 saturated carbocycles. The lowest BCUT2D eigenvalue weighted by Crippen LogP contribution is -2.05. The van der Waals surface area contributed by atoms with Crippen molar-refractivity contribution in [2.24, 2.45) is 0 Å². The molecule has 0 aromatic heterocycles. The summed E-state index contributed by atoms with van der Waals surface area (Å²) in [4.78, 5) is 0. The van der Waals surface area contributed by atoms with E-state index in [2.05, 4.69) is 67.4 Å². The molecule has 4 aromatic rings. The topological polar surface area (TPSA) is 30.5 Å². The smallest absolute Gasteiger partial charge is 0.165 e. The number of halogens is 1. The van der Waals surface area contributed by atoms with Gasteiger partial charge in [-0.05, 0) is 65.1 Å². The third-order valence-electron chi connectivity index (χ3n) is 5.71. The van der Waals surface area contributed by atoms with Crippen LogP contribution in [0.15, 0.2) is 85.5 Å². The van der Waals surface area contributed by atoms with Gasteiger partial charge in [0.2, 0.25) is 0 Å². The number of ether oxygens (including phenoxy) is 2. The van der Waals surface area contributed by atoms with E-state index in [1.165, 1.54) is 10.8 Å². The molecule has 33 heavy (non-hydrogen) atoms. The fourth-order valence-electron chi connectivity index (χ4n) is 4.00. The molecule has 0 fully saturated rings. The van der Waals surface area contributed by atoms with E-state index in [0.29, 0.717) is 30.3 Å². The van der Waals surface area contributed by atoms with E-state index in [1.54, 1.807) is 7.11 Å². The molecule has 0 unspecified atom stereocenters. The van der Waals surface area contributed by atoms with Crippen LogP contribution in [0.25, 0.3) is 10.8 Å². The van der Waals surface area contributed by atoms with Crippen LogP contribution in [0.3, 0.4) is 0 Å². The van der Waals surface area contributed by atoms with Gasteiger partial charge in [0.1, 0.15) is 6.61 Å². The fourth-order valence-corrected chi connectivity index (χ4v) is 4.17. The first-order valence-electron chi connectivity index (χ1n) is 11.0. The van der Waals surface area contributed by atoms with Crippen LogP contribution in [0.5, 0.6) is 11.5 Å². The Balaban J connectivity index is 1.59. The van der Waals surface area contributed by atoms with Gasteiger partial charge in [0.05, 0.1) is 7.11 Å². The third-order valence-corrected chi connectivity index (χ3v) is 5.95. The molecule has 0 bridgehead atoms. The van der Waals surface area contributed by atoms with Gasteiger partial charge in [-0.25, -0.2) is 0 Å². The lowest BCUT2D eigenvalue weighted by atomic mass is 10.0. The second-order valence-electron chi connectivity index (χ2n) is 8.02. The van der Waals surface area contributed by atoms with Gasteiger partial charge >= 0.3 is 0 Å². The van der Waals surface area contributed by atoms with E-state index in [1.807, 2.05) is 30.3 Å². The number of methoxy groups -OCH3 is 1. The van der Waals surface area contributed by atoms with Crippen molar-refractivity contribution in [2.75, 3.05) is 12.4 Å². The predicted molar refractivity (Wildman–Crippen MR) is 139 cm³/mol. The van der Waals surface area contributed by atoms with Gasteiger partial charge in [-0.15, -0.1) is 6.58 Å². The SMILES string of the molecule is C=CCc1cc(CNc2cc(Cl)ccc2C)cc(OC)c1OCc1cccc2ccccc12. The minimum Gasteiger partial charge on any atom is -0.493 e. The van der Waals surface area contributed by atoms with Crippen molar-refractivity contribution < 1.29 is 9.47 Å². The highest BCUT2D eigenvalue weighted by molar-refractivity contribution is 6.30. The minimum atomic E-state index is 0.459. The normalized spacial score (nSPS) is 10.8. The summed E-state index contributed by atoms with van der Waals surface area (Å²) in [6, 6.07) is 24.7. The first-order chi connectivity index (χ1) is 16.1. The predicted octanol–water partition coefficient (Wildman–Crippen LogP) is 7.73. The molecule has 168 valence electrons. The average molecular weight is 458 g/mol. The third kappa shape index (κ3) is 5.32. The van der Waals surface area contributed by atoms with Gasteiger partial charge < -0.3 is 14.8 Å². The van der Waals surface area contributed by atoms with Crippen molar-refractivity contribution in [2.45, 2.75) is 26.5 Å². The molecule has 4 aromatic carbocycles. The average Bonchev–Trinajstić information content (AvgIpc) is 2.83. The Bertz CT molecular complexity index is 1280. The van der Waals surface area contributed by atoms with E-state index >= 15 is 0 Å². The van der Waals surface area contributed by atoms with Crippen molar-refractivity contribution in [3.8, 4) is 11.5 Å². The molecule has 4 rings (SSSR count). The largest absolute Gasteiger partial charge is 0.493 e. The highest BCUT2D eigenvalue weighted by atomic mass is 35.5. The fraction of sp³-hybridized carbons (Fsp3) is 0.172. The standard InChI is InChI=1S/C29H28ClNO2/c1-4-8-23-15-21(18-31-27-17-25(30)14-13-20(27)2)16-28(32-3)29(23)33-19-24-11-7-10-22-9-5-6-12-26(22)24/h4-7,9-17,31H,1,8,18-19H2,2-3H3. The summed E-state index contributed by atoms with van der Waals surface area (Å²) in [5.41, 5.74) is 5.45. The van der Waals surface area contributed by atoms with Gasteiger partial charge in [0.15, 0.2) is 11.5 Å². The molecule has 4 heteroatoms. The summed E-state index contributed by atoms with van der Waals surface area (Å²) in [6.07, 6.45) is 2.57. The zero-order valence-corrected chi connectivity index (χ0v) is 19.8. The Labute approximate surface area is 200 Å². The van der Waals surface area contributed by atoms with Crippen LogP contribution in [0, 0.1) is 6.92 Å². The molecule has 0 aliphatic carbocycles. The summed E-state index contributed by atoms with van der Waals surface area (Å²) >= 11 is 6.17. The van der Waals surface area contributed by atoms with Gasteiger partial charge in [-0.2, -0.15) is 0 Å². The molecule has 0 spiro atoms. The van der Waals surface area contributed by atoms with Gasteiger partial charge in [-0.3, -0.25) is 0 Å². The molecule has 0 aliphatic heterocycles. The Morgan fingerprint density at radius 3 is 2.61 bits per heavy atom. The van der Waals surface area contributed by atoms with Crippen LogP contribution in [0.2, 0.25) is 5.02 Å². The number of fused-ring (bicyclic) bond motifs is 1. The van der Waals surface area contributed by atoms with E-state index in [4.69, 9.17) is 21.1 Å². The van der Waals surface area contributed by atoms with Crippen LogP contribution < -0.4 is 14.8 Å². The van der Waals surface area contributed by atoms with Crippen molar-refractivity contribution >= 4 is 28.1 Å². The summed E-state index contributed by atoms with van der Waals surface area (Å²) < 4.78 is 12.1. The summed E-state index contributed by atoms with van der Waals surface area (Å²) in [7, 11) is 1.68. The lowest BCUT2D eigenvalue weighted by Gasteiger charge is -2.18. The molecule has 1 N–H and O–H groups in total. The van der Waals surface area contributed by atoms with Crippen LogP contribution >= 0.6 is 11.6 Å². The maximum atomic E-state index is 6.35. The number of nitrogens with one attached hydrogen (secondary N) is 1. The second-order valence-corrected chi connectivity index (χ2v) is 8.46. The number of aryl methyl sites for hydroxylation is 1. The Morgan fingerprint density at radius 1 is 0.970 bits per heavy atom. The summed E-state index contributed by atoms with van der Waals surface area (Å²) in [5, 5.41) is 6.59. The van der Waals surface area contributed by atoms with E-state index in [0.717, 1.165) is 33.7 Å². The molecule has 0 amide bonds. The number of rotatable bonds is 9. The number of anilines is 1. The molecular weight excluding hydrogens is 430 g/mol. The van der Waals surface area contributed by atoms with E-state index < -0.39 is 0 Å². The lowest BCUT2D eigenvalue weighted by molar-refractivity contribution is 0.283. The van der Waals surface area contributed by atoms with Gasteiger partial charge in [0.25, 0.3) is 0 Å². The zero-order chi connectivity index (χ0) is 23.2. The number of benzene rings is 4. The Kier molecular flexibility index (Phi) is 7.21. The maximum absolute atomic E-state index is 6.35. The molecular formula is C29H28ClNO2. The van der Waals surface area contributed by atoms with Crippen molar-refractivity contribution in [1.29, 1.82) is 0 Å². The van der Waals surface area contributed by atoms with Crippen molar-refractivity contribution in [3.05, 3.63) is 113 Å². The summed E-state index contributed by atoms with van der Waals surface area (Å²) in [5.74, 6) is 1.47. The van der Waals surface area contributed by atoms with Crippen molar-refractivity contribution in [1.82, 2.24) is 0 Å². The first-order valence-corrected chi connectivity index (χ1v) is 11.4.